The molecule has 1 saturated carbocycles. The van der Waals surface area contributed by atoms with Crippen molar-refractivity contribution in [3.05, 3.63) is 0 Å². The molecule has 2 atom stereocenters. The lowest BCUT2D eigenvalue weighted by molar-refractivity contribution is -0.136. The number of ether oxygens (including phenoxy) is 1. The van der Waals surface area contributed by atoms with Crippen LogP contribution in [-0.2, 0) is 9.53 Å². The number of amides is 1. The van der Waals surface area contributed by atoms with Gasteiger partial charge in [-0.25, -0.2) is 0 Å². The molecule has 2 aliphatic heterocycles. The van der Waals surface area contributed by atoms with Gasteiger partial charge in [0.1, 0.15) is 0 Å². The van der Waals surface area contributed by atoms with Gasteiger partial charge in [0.15, 0.2) is 5.96 Å². The zero-order chi connectivity index (χ0) is 19.1. The fourth-order valence-electron chi connectivity index (χ4n) is 4.08. The van der Waals surface area contributed by atoms with Gasteiger partial charge in [-0.05, 0) is 19.8 Å². The van der Waals surface area contributed by atoms with E-state index in [9.17, 15) is 9.90 Å². The summed E-state index contributed by atoms with van der Waals surface area (Å²) in [4.78, 5) is 23.6. The third-order valence-corrected chi connectivity index (χ3v) is 5.82. The van der Waals surface area contributed by atoms with Gasteiger partial charge in [0, 0.05) is 58.3 Å². The number of nitrogens with one attached hydrogen (secondary N) is 1. The third kappa shape index (κ3) is 5.80. The molecule has 2 N–H and O–H groups in total. The molecule has 0 radical (unpaired) electrons. The van der Waals surface area contributed by atoms with Crippen LogP contribution >= 0.6 is 0 Å². The van der Waals surface area contributed by atoms with E-state index >= 15 is 0 Å². The Morgan fingerprint density at radius 2 is 1.85 bits per heavy atom. The van der Waals surface area contributed by atoms with Crippen molar-refractivity contribution in [2.45, 2.75) is 32.3 Å². The highest BCUT2D eigenvalue weighted by Gasteiger charge is 2.27. The first kappa shape index (κ1) is 20.4. The number of aliphatic hydroxyl groups excluding tert-OH is 1. The fourth-order valence-corrected chi connectivity index (χ4v) is 4.08. The van der Waals surface area contributed by atoms with Crippen LogP contribution in [0.15, 0.2) is 4.99 Å². The molecule has 0 aromatic heterocycles. The number of hydrogen-bond acceptors (Lipinski definition) is 5. The number of morpholine rings is 1. The van der Waals surface area contributed by atoms with E-state index in [1.807, 2.05) is 4.90 Å². The molecule has 3 fully saturated rings. The lowest BCUT2D eigenvalue weighted by Crippen LogP contribution is -2.55. The van der Waals surface area contributed by atoms with Crippen molar-refractivity contribution in [1.29, 1.82) is 0 Å². The minimum absolute atomic E-state index is 0.195. The van der Waals surface area contributed by atoms with Crippen LogP contribution in [0.4, 0.5) is 0 Å². The van der Waals surface area contributed by atoms with Crippen LogP contribution in [0.25, 0.3) is 0 Å². The number of guanidine groups is 1. The van der Waals surface area contributed by atoms with Crippen LogP contribution in [0.5, 0.6) is 0 Å². The van der Waals surface area contributed by atoms with Gasteiger partial charge in [0.2, 0.25) is 5.91 Å². The number of piperazine rings is 1. The molecule has 27 heavy (non-hydrogen) atoms. The van der Waals surface area contributed by atoms with E-state index in [0.717, 1.165) is 57.9 Å². The van der Waals surface area contributed by atoms with E-state index in [1.54, 1.807) is 0 Å². The number of carbonyl (C=O) groups is 1. The summed E-state index contributed by atoms with van der Waals surface area (Å²) in [6.45, 7) is 10.3. The summed E-state index contributed by atoms with van der Waals surface area (Å²) in [5, 5.41) is 13.4. The summed E-state index contributed by atoms with van der Waals surface area (Å²) in [5.74, 6) is 1.45. The summed E-state index contributed by atoms with van der Waals surface area (Å²) in [5.41, 5.74) is 0. The monoisotopic (exact) mass is 381 g/mol. The summed E-state index contributed by atoms with van der Waals surface area (Å²) in [6.07, 6.45) is 2.89. The lowest BCUT2D eigenvalue weighted by Gasteiger charge is -2.37. The van der Waals surface area contributed by atoms with Crippen LogP contribution in [0, 0.1) is 5.92 Å². The summed E-state index contributed by atoms with van der Waals surface area (Å²) >= 11 is 0. The number of aliphatic hydroxyl groups is 1. The highest BCUT2D eigenvalue weighted by Crippen LogP contribution is 2.25. The van der Waals surface area contributed by atoms with Crippen molar-refractivity contribution in [2.75, 3.05) is 72.1 Å². The molecule has 0 bridgehead atoms. The highest BCUT2D eigenvalue weighted by molar-refractivity contribution is 5.80. The second kappa shape index (κ2) is 10.2. The molecule has 2 heterocycles. The quantitative estimate of drug-likeness (QED) is 0.498. The molecular formula is C19H35N5O3. The summed E-state index contributed by atoms with van der Waals surface area (Å²) in [7, 11) is 0. The van der Waals surface area contributed by atoms with Gasteiger partial charge >= 0.3 is 0 Å². The average Bonchev–Trinajstić information content (AvgIpc) is 3.11. The fraction of sp³-hybridized carbons (Fsp3) is 0.895. The van der Waals surface area contributed by atoms with Crippen molar-refractivity contribution in [3.63, 3.8) is 0 Å². The van der Waals surface area contributed by atoms with Crippen LogP contribution in [0.3, 0.4) is 0 Å². The van der Waals surface area contributed by atoms with Gasteiger partial charge in [-0.3, -0.25) is 14.7 Å². The summed E-state index contributed by atoms with van der Waals surface area (Å²) in [6, 6.07) is 0. The number of aliphatic imine (C=N–C) groups is 1. The Balaban J connectivity index is 1.46. The first-order chi connectivity index (χ1) is 13.2. The predicted octanol–water partition coefficient (Wildman–Crippen LogP) is -0.411. The van der Waals surface area contributed by atoms with Gasteiger partial charge in [-0.15, -0.1) is 0 Å². The highest BCUT2D eigenvalue weighted by atomic mass is 16.5. The SMILES string of the molecule is CCNC(=NCC1CCCC1O)N1CCN(CC(=O)N2CCOCC2)CC1. The standard InChI is InChI=1S/C19H35N5O3/c1-2-20-19(21-14-16-4-3-5-17(16)25)24-8-6-22(7-9-24)15-18(26)23-10-12-27-13-11-23/h16-17,25H,2-15H2,1H3,(H,20,21). The minimum Gasteiger partial charge on any atom is -0.393 e. The molecule has 2 saturated heterocycles. The molecule has 0 spiro atoms. The van der Waals surface area contributed by atoms with Gasteiger partial charge in [0.05, 0.1) is 25.9 Å². The number of hydrogen-bond donors (Lipinski definition) is 2. The van der Waals surface area contributed by atoms with Gasteiger partial charge in [-0.1, -0.05) is 6.42 Å². The minimum atomic E-state index is -0.195. The second-order valence-electron chi connectivity index (χ2n) is 7.71. The maximum absolute atomic E-state index is 12.4. The largest absolute Gasteiger partial charge is 0.393 e. The zero-order valence-electron chi connectivity index (χ0n) is 16.6. The van der Waals surface area contributed by atoms with E-state index in [1.165, 1.54) is 0 Å². The van der Waals surface area contributed by atoms with E-state index < -0.39 is 0 Å². The van der Waals surface area contributed by atoms with Gasteiger partial charge in [0.25, 0.3) is 0 Å². The third-order valence-electron chi connectivity index (χ3n) is 5.82. The maximum atomic E-state index is 12.4. The molecule has 2 unspecified atom stereocenters. The Hall–Kier alpha value is -1.38. The molecular weight excluding hydrogens is 346 g/mol. The normalized spacial score (nSPS) is 27.9. The Bertz CT molecular complexity index is 502. The van der Waals surface area contributed by atoms with Gasteiger partial charge < -0.3 is 25.0 Å². The first-order valence-electron chi connectivity index (χ1n) is 10.5. The first-order valence-corrected chi connectivity index (χ1v) is 10.5. The topological polar surface area (TPSA) is 80.6 Å². The molecule has 1 aliphatic carbocycles. The average molecular weight is 382 g/mol. The van der Waals surface area contributed by atoms with Crippen LogP contribution in [0.1, 0.15) is 26.2 Å². The van der Waals surface area contributed by atoms with Crippen molar-refractivity contribution in [2.24, 2.45) is 10.9 Å². The second-order valence-corrected chi connectivity index (χ2v) is 7.71. The molecule has 8 nitrogen and oxygen atoms in total. The van der Waals surface area contributed by atoms with E-state index in [0.29, 0.717) is 45.3 Å². The van der Waals surface area contributed by atoms with E-state index in [4.69, 9.17) is 9.73 Å². The van der Waals surface area contributed by atoms with Crippen LogP contribution in [0.2, 0.25) is 0 Å². The molecule has 8 heteroatoms. The molecule has 0 aromatic rings. The van der Waals surface area contributed by atoms with Crippen molar-refractivity contribution in [3.8, 4) is 0 Å². The number of rotatable bonds is 5. The molecule has 0 aromatic carbocycles. The molecule has 3 rings (SSSR count). The van der Waals surface area contributed by atoms with Gasteiger partial charge in [-0.2, -0.15) is 0 Å². The van der Waals surface area contributed by atoms with Crippen molar-refractivity contribution < 1.29 is 14.6 Å². The Labute approximate surface area is 162 Å². The number of nitrogens with zero attached hydrogens (tertiary/aromatic N) is 4. The summed E-state index contributed by atoms with van der Waals surface area (Å²) < 4.78 is 5.32. The van der Waals surface area contributed by atoms with Crippen LogP contribution in [-0.4, -0.2) is 110 Å². The van der Waals surface area contributed by atoms with Crippen molar-refractivity contribution in [1.82, 2.24) is 20.0 Å². The smallest absolute Gasteiger partial charge is 0.236 e. The molecule has 3 aliphatic rings. The molecule has 154 valence electrons. The van der Waals surface area contributed by atoms with Crippen molar-refractivity contribution >= 4 is 11.9 Å². The Morgan fingerprint density at radius 1 is 1.11 bits per heavy atom. The Morgan fingerprint density at radius 3 is 2.48 bits per heavy atom. The zero-order valence-corrected chi connectivity index (χ0v) is 16.6. The lowest BCUT2D eigenvalue weighted by atomic mass is 10.1. The maximum Gasteiger partial charge on any atom is 0.236 e. The number of carbonyl (C=O) groups excluding carboxylic acids is 1. The predicted molar refractivity (Wildman–Crippen MR) is 105 cm³/mol. The molecule has 1 amide bonds. The van der Waals surface area contributed by atoms with Crippen LogP contribution < -0.4 is 5.32 Å². The van der Waals surface area contributed by atoms with E-state index in [-0.39, 0.29) is 12.0 Å². The Kier molecular flexibility index (Phi) is 7.72. The van der Waals surface area contributed by atoms with E-state index in [2.05, 4.69) is 22.0 Å².